The molecule has 5 rings (SSSR count). The Morgan fingerprint density at radius 1 is 1.24 bits per heavy atom. The van der Waals surface area contributed by atoms with Gasteiger partial charge in [-0.2, -0.15) is 0 Å². The standard InChI is InChI=1S/C26H32N4O3S/c1-18-21-23(27-16-26(10-13-33-14-11-26)19-7-3-2-4-8-19)28-17-29-24(21)34-22(18)25(32)30-12-6-5-9-20(30)15-31/h2-4,7-8,17,20,31H,5-6,9-16H2,1H3,(H,27,28,29). The van der Waals surface area contributed by atoms with Crippen molar-refractivity contribution < 1.29 is 14.6 Å². The van der Waals surface area contributed by atoms with Gasteiger partial charge >= 0.3 is 0 Å². The highest BCUT2D eigenvalue weighted by Gasteiger charge is 2.35. The van der Waals surface area contributed by atoms with Crippen LogP contribution in [0.2, 0.25) is 0 Å². The molecule has 2 aliphatic heterocycles. The lowest BCUT2D eigenvalue weighted by molar-refractivity contribution is 0.0507. The van der Waals surface area contributed by atoms with Crippen molar-refractivity contribution in [3.63, 3.8) is 0 Å². The van der Waals surface area contributed by atoms with Crippen molar-refractivity contribution in [2.45, 2.75) is 50.5 Å². The maximum absolute atomic E-state index is 13.5. The minimum absolute atomic E-state index is 0.00427. The predicted molar refractivity (Wildman–Crippen MR) is 135 cm³/mol. The molecule has 0 bridgehead atoms. The molecule has 1 unspecified atom stereocenters. The summed E-state index contributed by atoms with van der Waals surface area (Å²) in [5.41, 5.74) is 2.20. The summed E-state index contributed by atoms with van der Waals surface area (Å²) in [4.78, 5) is 25.9. The molecule has 2 fully saturated rings. The van der Waals surface area contributed by atoms with Gasteiger partial charge in [-0.15, -0.1) is 11.3 Å². The first-order chi connectivity index (χ1) is 16.6. The fourth-order valence-electron chi connectivity index (χ4n) is 5.37. The molecule has 4 heterocycles. The number of carbonyl (C=O) groups is 1. The number of aliphatic hydroxyl groups is 1. The summed E-state index contributed by atoms with van der Waals surface area (Å²) in [5, 5.41) is 14.3. The van der Waals surface area contributed by atoms with E-state index in [-0.39, 0.29) is 24.0 Å². The van der Waals surface area contributed by atoms with Crippen molar-refractivity contribution >= 4 is 33.3 Å². The molecule has 2 aliphatic rings. The maximum atomic E-state index is 13.5. The Labute approximate surface area is 204 Å². The number of hydrogen-bond donors (Lipinski definition) is 2. The van der Waals surface area contributed by atoms with Gasteiger partial charge in [0, 0.05) is 31.7 Å². The molecular formula is C26H32N4O3S. The van der Waals surface area contributed by atoms with Crippen LogP contribution in [-0.4, -0.2) is 64.8 Å². The summed E-state index contributed by atoms with van der Waals surface area (Å²) in [6.07, 6.45) is 6.35. The molecular weight excluding hydrogens is 448 g/mol. The molecule has 2 aromatic heterocycles. The van der Waals surface area contributed by atoms with Gasteiger partial charge in [0.1, 0.15) is 17.0 Å². The zero-order valence-corrected chi connectivity index (χ0v) is 20.4. The molecule has 2 saturated heterocycles. The van der Waals surface area contributed by atoms with E-state index < -0.39 is 0 Å². The van der Waals surface area contributed by atoms with Crippen LogP contribution in [0.5, 0.6) is 0 Å². The van der Waals surface area contributed by atoms with E-state index in [2.05, 4.69) is 45.6 Å². The van der Waals surface area contributed by atoms with Crippen molar-refractivity contribution in [3.05, 3.63) is 52.7 Å². The quantitative estimate of drug-likeness (QED) is 0.551. The molecule has 2 N–H and O–H groups in total. The van der Waals surface area contributed by atoms with Gasteiger partial charge in [-0.25, -0.2) is 9.97 Å². The van der Waals surface area contributed by atoms with E-state index >= 15 is 0 Å². The zero-order chi connectivity index (χ0) is 23.5. The van der Waals surface area contributed by atoms with Crippen molar-refractivity contribution in [1.82, 2.24) is 14.9 Å². The van der Waals surface area contributed by atoms with E-state index in [1.165, 1.54) is 16.9 Å². The Balaban J connectivity index is 1.44. The van der Waals surface area contributed by atoms with Crippen LogP contribution >= 0.6 is 11.3 Å². The number of benzene rings is 1. The van der Waals surface area contributed by atoms with Crippen LogP contribution in [0.15, 0.2) is 36.7 Å². The lowest BCUT2D eigenvalue weighted by atomic mass is 9.74. The number of nitrogens with zero attached hydrogens (tertiary/aromatic N) is 3. The Kier molecular flexibility index (Phi) is 6.81. The van der Waals surface area contributed by atoms with Gasteiger partial charge in [-0.05, 0) is 50.2 Å². The Bertz CT molecular complexity index is 1140. The number of aliphatic hydroxyl groups excluding tert-OH is 1. The van der Waals surface area contributed by atoms with Crippen LogP contribution in [-0.2, 0) is 10.2 Å². The number of amides is 1. The second kappa shape index (κ2) is 9.98. The fourth-order valence-corrected chi connectivity index (χ4v) is 6.48. The summed E-state index contributed by atoms with van der Waals surface area (Å²) < 4.78 is 5.68. The fraction of sp³-hybridized carbons (Fsp3) is 0.500. The molecule has 7 nitrogen and oxygen atoms in total. The number of hydrogen-bond acceptors (Lipinski definition) is 7. The average molecular weight is 481 g/mol. The van der Waals surface area contributed by atoms with E-state index in [9.17, 15) is 9.90 Å². The number of nitrogens with one attached hydrogen (secondary N) is 1. The number of rotatable bonds is 6. The second-order valence-electron chi connectivity index (χ2n) is 9.40. The lowest BCUT2D eigenvalue weighted by Crippen LogP contribution is -2.45. The van der Waals surface area contributed by atoms with Gasteiger partial charge in [-0.1, -0.05) is 30.3 Å². The van der Waals surface area contributed by atoms with E-state index in [1.54, 1.807) is 6.33 Å². The molecule has 1 atom stereocenters. The molecule has 0 saturated carbocycles. The van der Waals surface area contributed by atoms with Crippen molar-refractivity contribution in [2.24, 2.45) is 0 Å². The van der Waals surface area contributed by atoms with Gasteiger partial charge in [0.25, 0.3) is 5.91 Å². The van der Waals surface area contributed by atoms with Crippen LogP contribution in [0.3, 0.4) is 0 Å². The third-order valence-electron chi connectivity index (χ3n) is 7.45. The van der Waals surface area contributed by atoms with Gasteiger partial charge < -0.3 is 20.1 Å². The smallest absolute Gasteiger partial charge is 0.264 e. The summed E-state index contributed by atoms with van der Waals surface area (Å²) in [5.74, 6) is 0.771. The van der Waals surface area contributed by atoms with Gasteiger partial charge in [0.15, 0.2) is 0 Å². The number of ether oxygens (including phenoxy) is 1. The molecule has 1 amide bonds. The van der Waals surface area contributed by atoms with E-state index in [4.69, 9.17) is 4.74 Å². The summed E-state index contributed by atoms with van der Waals surface area (Å²) in [7, 11) is 0. The van der Waals surface area contributed by atoms with Crippen molar-refractivity contribution in [3.8, 4) is 0 Å². The van der Waals surface area contributed by atoms with Crippen molar-refractivity contribution in [1.29, 1.82) is 0 Å². The number of carbonyl (C=O) groups excluding carboxylic acids is 1. The minimum Gasteiger partial charge on any atom is -0.394 e. The number of anilines is 1. The van der Waals surface area contributed by atoms with Gasteiger partial charge in [0.2, 0.25) is 0 Å². The average Bonchev–Trinajstić information content (AvgIpc) is 3.25. The van der Waals surface area contributed by atoms with Gasteiger partial charge in [-0.3, -0.25) is 4.79 Å². The summed E-state index contributed by atoms with van der Waals surface area (Å²) >= 11 is 1.43. The number of aryl methyl sites for hydroxylation is 1. The van der Waals surface area contributed by atoms with Crippen molar-refractivity contribution in [2.75, 3.05) is 38.2 Å². The highest BCUT2D eigenvalue weighted by molar-refractivity contribution is 7.20. The SMILES string of the molecule is Cc1c(C(=O)N2CCCCC2CO)sc2ncnc(NCC3(c4ccccc4)CCOCC3)c12. The monoisotopic (exact) mass is 480 g/mol. The second-order valence-corrected chi connectivity index (χ2v) is 10.4. The number of fused-ring (bicyclic) bond motifs is 1. The normalized spacial score (nSPS) is 20.4. The lowest BCUT2D eigenvalue weighted by Gasteiger charge is -2.38. The third-order valence-corrected chi connectivity index (χ3v) is 8.64. The largest absolute Gasteiger partial charge is 0.394 e. The molecule has 1 aromatic carbocycles. The van der Waals surface area contributed by atoms with Gasteiger partial charge in [0.05, 0.1) is 22.9 Å². The van der Waals surface area contributed by atoms with Crippen LogP contribution in [0.25, 0.3) is 10.2 Å². The number of thiophene rings is 1. The minimum atomic E-state index is -0.103. The highest BCUT2D eigenvalue weighted by atomic mass is 32.1. The first-order valence-corrected chi connectivity index (χ1v) is 13.0. The van der Waals surface area contributed by atoms with Crippen LogP contribution in [0.4, 0.5) is 5.82 Å². The van der Waals surface area contributed by atoms with E-state index in [1.807, 2.05) is 11.8 Å². The Morgan fingerprint density at radius 2 is 2.03 bits per heavy atom. The van der Waals surface area contributed by atoms with Crippen LogP contribution in [0.1, 0.15) is 52.9 Å². The van der Waals surface area contributed by atoms with Crippen LogP contribution in [0, 0.1) is 6.92 Å². The highest BCUT2D eigenvalue weighted by Crippen LogP contribution is 2.38. The number of aromatic nitrogens is 2. The molecule has 0 spiro atoms. The molecule has 0 aliphatic carbocycles. The molecule has 180 valence electrons. The summed E-state index contributed by atoms with van der Waals surface area (Å²) in [6, 6.07) is 10.5. The molecule has 8 heteroatoms. The zero-order valence-electron chi connectivity index (χ0n) is 19.6. The first-order valence-electron chi connectivity index (χ1n) is 12.2. The third kappa shape index (κ3) is 4.30. The number of piperidine rings is 1. The first kappa shape index (κ1) is 23.2. The molecule has 34 heavy (non-hydrogen) atoms. The van der Waals surface area contributed by atoms with Crippen LogP contribution < -0.4 is 5.32 Å². The Morgan fingerprint density at radius 3 is 2.79 bits per heavy atom. The van der Waals surface area contributed by atoms with E-state index in [0.29, 0.717) is 11.4 Å². The Hall–Kier alpha value is -2.55. The predicted octanol–water partition coefficient (Wildman–Crippen LogP) is 4.15. The van der Waals surface area contributed by atoms with E-state index in [0.717, 1.165) is 73.5 Å². The molecule has 3 aromatic rings. The molecule has 0 radical (unpaired) electrons. The maximum Gasteiger partial charge on any atom is 0.264 e. The number of likely N-dealkylation sites (tertiary alicyclic amines) is 1. The summed E-state index contributed by atoms with van der Waals surface area (Å²) in [6.45, 7) is 4.91. The topological polar surface area (TPSA) is 87.6 Å².